The Bertz CT molecular complexity index is 297. The molecule has 2 saturated heterocycles. The number of nitrogens with two attached hydrogens (primary N) is 1. The average Bonchev–Trinajstić information content (AvgIpc) is 2.25. The molecule has 1 atom stereocenters. The topological polar surface area (TPSA) is 81.4 Å². The van der Waals surface area contributed by atoms with Crippen LogP contribution in [-0.4, -0.2) is 40.0 Å². The van der Waals surface area contributed by atoms with E-state index in [1.54, 1.807) is 0 Å². The number of hydrogen-bond acceptors (Lipinski definition) is 4. The number of hydrogen-bond donors (Lipinski definition) is 2. The van der Waals surface area contributed by atoms with Crippen molar-refractivity contribution in [2.75, 3.05) is 25.4 Å². The van der Waals surface area contributed by atoms with Crippen molar-refractivity contribution < 1.29 is 13.2 Å². The highest BCUT2D eigenvalue weighted by molar-refractivity contribution is 7.89. The van der Waals surface area contributed by atoms with Crippen molar-refractivity contribution in [3.63, 3.8) is 0 Å². The van der Waals surface area contributed by atoms with Crippen LogP contribution < -0.4 is 10.5 Å². The summed E-state index contributed by atoms with van der Waals surface area (Å²) in [5.74, 6) is -0.0469. The van der Waals surface area contributed by atoms with E-state index < -0.39 is 10.0 Å². The average molecular weight is 206 g/mol. The maximum Gasteiger partial charge on any atom is 0.211 e. The Kier molecular flexibility index (Phi) is 2.10. The van der Waals surface area contributed by atoms with Crippen LogP contribution >= 0.6 is 0 Å². The zero-order valence-electron chi connectivity index (χ0n) is 7.32. The van der Waals surface area contributed by atoms with E-state index in [9.17, 15) is 8.42 Å². The lowest BCUT2D eigenvalue weighted by atomic mass is 9.76. The Labute approximate surface area is 77.7 Å². The summed E-state index contributed by atoms with van der Waals surface area (Å²) in [5, 5.41) is 8.13. The molecular weight excluding hydrogens is 192 g/mol. The fraction of sp³-hybridized carbons (Fsp3) is 1.00. The van der Waals surface area contributed by atoms with Gasteiger partial charge in [0.2, 0.25) is 10.0 Å². The third-order valence-electron chi connectivity index (χ3n) is 2.94. The molecule has 1 spiro atoms. The summed E-state index contributed by atoms with van der Waals surface area (Å²) < 4.78 is 27.2. The summed E-state index contributed by atoms with van der Waals surface area (Å²) in [7, 11) is -3.41. The van der Waals surface area contributed by atoms with Crippen LogP contribution in [-0.2, 0) is 14.8 Å². The molecule has 0 aliphatic carbocycles. The van der Waals surface area contributed by atoms with Crippen LogP contribution in [0.1, 0.15) is 6.42 Å². The highest BCUT2D eigenvalue weighted by Crippen LogP contribution is 2.38. The smallest absolute Gasteiger partial charge is 0.211 e. The van der Waals surface area contributed by atoms with Gasteiger partial charge in [-0.1, -0.05) is 0 Å². The lowest BCUT2D eigenvalue weighted by molar-refractivity contribution is 0.0358. The van der Waals surface area contributed by atoms with Crippen LogP contribution in [0.5, 0.6) is 0 Å². The molecule has 2 heterocycles. The standard InChI is InChI=1S/C7H14N2O3S/c8-13(10,11)3-6-7(1-2-12-6)4-9-5-7/h6,9H,1-5H2,(H2,8,10,11). The van der Waals surface area contributed by atoms with Crippen molar-refractivity contribution in [2.45, 2.75) is 12.5 Å². The van der Waals surface area contributed by atoms with Crippen LogP contribution in [0.15, 0.2) is 0 Å². The molecule has 2 rings (SSSR count). The Morgan fingerprint density at radius 3 is 2.69 bits per heavy atom. The van der Waals surface area contributed by atoms with Crippen LogP contribution in [0.25, 0.3) is 0 Å². The normalized spacial score (nSPS) is 31.9. The summed E-state index contributed by atoms with van der Waals surface area (Å²) in [5.41, 5.74) is 0.0481. The lowest BCUT2D eigenvalue weighted by Crippen LogP contribution is -2.59. The molecular formula is C7H14N2O3S. The minimum Gasteiger partial charge on any atom is -0.376 e. The molecule has 0 aromatic carbocycles. The van der Waals surface area contributed by atoms with Crippen molar-refractivity contribution in [1.82, 2.24) is 5.32 Å². The molecule has 5 nitrogen and oxygen atoms in total. The summed E-state index contributed by atoms with van der Waals surface area (Å²) >= 11 is 0. The molecule has 0 amide bonds. The zero-order chi connectivity index (χ0) is 9.53. The highest BCUT2D eigenvalue weighted by Gasteiger charge is 2.49. The van der Waals surface area contributed by atoms with E-state index in [-0.39, 0.29) is 17.3 Å². The molecule has 2 aliphatic rings. The van der Waals surface area contributed by atoms with Gasteiger partial charge in [0.1, 0.15) is 0 Å². The predicted molar refractivity (Wildman–Crippen MR) is 47.6 cm³/mol. The summed E-state index contributed by atoms with van der Waals surface area (Å²) in [4.78, 5) is 0. The van der Waals surface area contributed by atoms with Crippen molar-refractivity contribution in [2.24, 2.45) is 10.6 Å². The largest absolute Gasteiger partial charge is 0.376 e. The van der Waals surface area contributed by atoms with E-state index in [2.05, 4.69) is 5.32 Å². The number of ether oxygens (including phenoxy) is 1. The summed E-state index contributed by atoms with van der Waals surface area (Å²) in [6.45, 7) is 2.36. The molecule has 13 heavy (non-hydrogen) atoms. The monoisotopic (exact) mass is 206 g/mol. The third-order valence-corrected chi connectivity index (χ3v) is 3.71. The fourth-order valence-electron chi connectivity index (χ4n) is 2.03. The van der Waals surface area contributed by atoms with Crippen LogP contribution in [0.4, 0.5) is 0 Å². The second-order valence-electron chi connectivity index (χ2n) is 3.90. The molecule has 3 N–H and O–H groups in total. The number of sulfonamides is 1. The quantitative estimate of drug-likeness (QED) is 0.585. The second kappa shape index (κ2) is 2.91. The van der Waals surface area contributed by atoms with Crippen molar-refractivity contribution in [1.29, 1.82) is 0 Å². The van der Waals surface area contributed by atoms with Gasteiger partial charge >= 0.3 is 0 Å². The van der Waals surface area contributed by atoms with Gasteiger partial charge in [-0.15, -0.1) is 0 Å². The van der Waals surface area contributed by atoms with Gasteiger partial charge in [-0.25, -0.2) is 13.6 Å². The summed E-state index contributed by atoms with van der Waals surface area (Å²) in [6.07, 6.45) is 0.740. The first-order chi connectivity index (χ1) is 6.02. The Morgan fingerprint density at radius 1 is 1.54 bits per heavy atom. The van der Waals surface area contributed by atoms with Crippen molar-refractivity contribution >= 4 is 10.0 Å². The van der Waals surface area contributed by atoms with Crippen LogP contribution in [0.2, 0.25) is 0 Å². The van der Waals surface area contributed by atoms with E-state index in [1.807, 2.05) is 0 Å². The van der Waals surface area contributed by atoms with Crippen molar-refractivity contribution in [3.05, 3.63) is 0 Å². The van der Waals surface area contributed by atoms with E-state index in [1.165, 1.54) is 0 Å². The fourth-order valence-corrected chi connectivity index (χ4v) is 2.90. The van der Waals surface area contributed by atoms with Crippen LogP contribution in [0, 0.1) is 5.41 Å². The molecule has 76 valence electrons. The van der Waals surface area contributed by atoms with Gasteiger partial charge in [-0.3, -0.25) is 0 Å². The predicted octanol–water partition coefficient (Wildman–Crippen LogP) is -1.35. The first kappa shape index (κ1) is 9.39. The molecule has 0 saturated carbocycles. The lowest BCUT2D eigenvalue weighted by Gasteiger charge is -2.42. The second-order valence-corrected chi connectivity index (χ2v) is 5.56. The first-order valence-electron chi connectivity index (χ1n) is 4.35. The number of primary sulfonamides is 1. The molecule has 0 aromatic heterocycles. The van der Waals surface area contributed by atoms with Gasteiger partial charge in [0.25, 0.3) is 0 Å². The Balaban J connectivity index is 2.06. The Morgan fingerprint density at radius 2 is 2.23 bits per heavy atom. The molecule has 2 fully saturated rings. The summed E-state index contributed by atoms with van der Waals surface area (Å²) in [6, 6.07) is 0. The first-order valence-corrected chi connectivity index (χ1v) is 6.06. The molecule has 1 unspecified atom stereocenters. The molecule has 0 bridgehead atoms. The SMILES string of the molecule is NS(=O)(=O)CC1OCCC12CNC2. The van der Waals surface area contributed by atoms with E-state index in [4.69, 9.17) is 9.88 Å². The van der Waals surface area contributed by atoms with Gasteiger partial charge in [-0.2, -0.15) is 0 Å². The maximum atomic E-state index is 10.9. The van der Waals surface area contributed by atoms with E-state index in [0.29, 0.717) is 6.61 Å². The highest BCUT2D eigenvalue weighted by atomic mass is 32.2. The molecule has 0 radical (unpaired) electrons. The molecule has 6 heteroatoms. The van der Waals surface area contributed by atoms with Gasteiger partial charge in [0, 0.05) is 25.1 Å². The van der Waals surface area contributed by atoms with Gasteiger partial charge < -0.3 is 10.1 Å². The molecule has 2 aliphatic heterocycles. The zero-order valence-corrected chi connectivity index (χ0v) is 8.14. The van der Waals surface area contributed by atoms with Crippen molar-refractivity contribution in [3.8, 4) is 0 Å². The third kappa shape index (κ3) is 1.71. The minimum absolute atomic E-state index is 0.0469. The van der Waals surface area contributed by atoms with Crippen LogP contribution in [0.3, 0.4) is 0 Å². The van der Waals surface area contributed by atoms with E-state index in [0.717, 1.165) is 19.5 Å². The van der Waals surface area contributed by atoms with E-state index >= 15 is 0 Å². The number of rotatable bonds is 2. The Hall–Kier alpha value is -0.170. The number of nitrogens with one attached hydrogen (secondary N) is 1. The minimum atomic E-state index is -3.41. The van der Waals surface area contributed by atoms with Gasteiger partial charge in [0.15, 0.2) is 0 Å². The van der Waals surface area contributed by atoms with Gasteiger partial charge in [-0.05, 0) is 6.42 Å². The van der Waals surface area contributed by atoms with Gasteiger partial charge in [0.05, 0.1) is 11.9 Å². The molecule has 0 aromatic rings. The maximum absolute atomic E-state index is 10.9.